The highest BCUT2D eigenvalue weighted by molar-refractivity contribution is 6.33. The number of hydrogen-bond acceptors (Lipinski definition) is 3. The highest BCUT2D eigenvalue weighted by Crippen LogP contribution is 2.45. The monoisotopic (exact) mass is 397 g/mol. The summed E-state index contributed by atoms with van der Waals surface area (Å²) in [4.78, 5) is 9.26. The second kappa shape index (κ2) is 8.16. The zero-order chi connectivity index (χ0) is 20.5. The van der Waals surface area contributed by atoms with Gasteiger partial charge in [0.15, 0.2) is 0 Å². The molecule has 2 aromatic rings. The molecule has 0 N–H and O–H groups in total. The van der Waals surface area contributed by atoms with Gasteiger partial charge >= 0.3 is 0 Å². The highest BCUT2D eigenvalue weighted by atomic mass is 35.5. The Hall–Kier alpha value is -2.00. The van der Waals surface area contributed by atoms with Crippen LogP contribution in [0, 0.1) is 0 Å². The lowest BCUT2D eigenvalue weighted by atomic mass is 9.79. The quantitative estimate of drug-likeness (QED) is 0.525. The van der Waals surface area contributed by atoms with Gasteiger partial charge in [-0.25, -0.2) is 0 Å². The van der Waals surface area contributed by atoms with Gasteiger partial charge in [0.1, 0.15) is 0 Å². The van der Waals surface area contributed by atoms with Crippen molar-refractivity contribution < 1.29 is 0 Å². The predicted octanol–water partition coefficient (Wildman–Crippen LogP) is 6.66. The summed E-state index contributed by atoms with van der Waals surface area (Å²) < 4.78 is 0. The standard InChI is InChI=1S/C24H32ClN3/c1-7-12-28-23-14-22(25)18(13-21(23)17(2)15-24(28,3)4)16-26-19-8-10-20(11-9-19)27(5)6/h8-11,13-14,16-17H,7,12,15H2,1-6H3. The average Bonchev–Trinajstić information content (AvgIpc) is 2.63. The normalized spacial score (nSPS) is 18.4. The fourth-order valence-corrected chi connectivity index (χ4v) is 4.45. The van der Waals surface area contributed by atoms with Gasteiger partial charge in [-0.1, -0.05) is 25.4 Å². The van der Waals surface area contributed by atoms with Crippen molar-refractivity contribution in [2.24, 2.45) is 4.99 Å². The van der Waals surface area contributed by atoms with Gasteiger partial charge in [0.2, 0.25) is 0 Å². The topological polar surface area (TPSA) is 18.8 Å². The van der Waals surface area contributed by atoms with Crippen molar-refractivity contribution in [3.63, 3.8) is 0 Å². The summed E-state index contributed by atoms with van der Waals surface area (Å²) in [6.07, 6.45) is 4.16. The van der Waals surface area contributed by atoms with Gasteiger partial charge in [-0.2, -0.15) is 0 Å². The third kappa shape index (κ3) is 4.20. The molecule has 1 atom stereocenters. The Balaban J connectivity index is 1.93. The second-order valence-electron chi connectivity index (χ2n) is 8.67. The summed E-state index contributed by atoms with van der Waals surface area (Å²) in [7, 11) is 4.07. The number of halogens is 1. The maximum atomic E-state index is 6.68. The number of anilines is 2. The van der Waals surface area contributed by atoms with Crippen LogP contribution in [0.1, 0.15) is 57.6 Å². The molecular weight excluding hydrogens is 366 g/mol. The Morgan fingerprint density at radius 3 is 2.50 bits per heavy atom. The SMILES string of the molecule is CCCN1c2cc(Cl)c(C=Nc3ccc(N(C)C)cc3)cc2C(C)CC1(C)C. The molecule has 150 valence electrons. The zero-order valence-corrected chi connectivity index (χ0v) is 18.7. The van der Waals surface area contributed by atoms with E-state index in [1.807, 2.05) is 32.4 Å². The van der Waals surface area contributed by atoms with Gasteiger partial charge in [0, 0.05) is 49.3 Å². The predicted molar refractivity (Wildman–Crippen MR) is 124 cm³/mol. The van der Waals surface area contributed by atoms with Crippen molar-refractivity contribution >= 4 is 34.9 Å². The molecule has 0 aromatic heterocycles. The van der Waals surface area contributed by atoms with E-state index in [1.54, 1.807) is 0 Å². The number of aliphatic imine (C=N–C) groups is 1. The van der Waals surface area contributed by atoms with E-state index in [2.05, 4.69) is 66.8 Å². The molecule has 4 heteroatoms. The lowest BCUT2D eigenvalue weighted by Gasteiger charge is -2.47. The Kier molecular flexibility index (Phi) is 6.04. The first-order valence-corrected chi connectivity index (χ1v) is 10.5. The van der Waals surface area contributed by atoms with Crippen LogP contribution in [-0.2, 0) is 0 Å². The third-order valence-electron chi connectivity index (χ3n) is 5.67. The summed E-state index contributed by atoms with van der Waals surface area (Å²) in [5, 5.41) is 0.762. The molecule has 3 rings (SSSR count). The molecule has 28 heavy (non-hydrogen) atoms. The highest BCUT2D eigenvalue weighted by Gasteiger charge is 2.36. The average molecular weight is 398 g/mol. The molecule has 0 saturated carbocycles. The molecule has 3 nitrogen and oxygen atoms in total. The van der Waals surface area contributed by atoms with Crippen LogP contribution in [0.4, 0.5) is 17.1 Å². The lowest BCUT2D eigenvalue weighted by molar-refractivity contribution is 0.376. The Bertz CT molecular complexity index is 853. The van der Waals surface area contributed by atoms with Gasteiger partial charge < -0.3 is 9.80 Å². The summed E-state index contributed by atoms with van der Waals surface area (Å²) in [5.41, 5.74) is 5.89. The van der Waals surface area contributed by atoms with E-state index in [0.717, 1.165) is 35.7 Å². The van der Waals surface area contributed by atoms with Crippen molar-refractivity contribution in [3.8, 4) is 0 Å². The van der Waals surface area contributed by atoms with Crippen LogP contribution in [0.2, 0.25) is 5.02 Å². The summed E-state index contributed by atoms with van der Waals surface area (Å²) in [5.74, 6) is 0.502. The molecule has 0 aliphatic carbocycles. The van der Waals surface area contributed by atoms with E-state index in [9.17, 15) is 0 Å². The van der Waals surface area contributed by atoms with Crippen LogP contribution in [0.3, 0.4) is 0 Å². The molecule has 1 heterocycles. The van der Waals surface area contributed by atoms with Gasteiger partial charge in [0.25, 0.3) is 0 Å². The molecule has 0 bridgehead atoms. The van der Waals surface area contributed by atoms with E-state index < -0.39 is 0 Å². The van der Waals surface area contributed by atoms with E-state index in [4.69, 9.17) is 11.6 Å². The van der Waals surface area contributed by atoms with E-state index in [0.29, 0.717) is 5.92 Å². The maximum absolute atomic E-state index is 6.68. The minimum atomic E-state index is 0.148. The molecule has 1 unspecified atom stereocenters. The molecular formula is C24H32ClN3. The van der Waals surface area contributed by atoms with E-state index in [1.165, 1.54) is 16.9 Å². The van der Waals surface area contributed by atoms with Crippen LogP contribution < -0.4 is 9.80 Å². The van der Waals surface area contributed by atoms with Crippen molar-refractivity contribution in [1.29, 1.82) is 0 Å². The molecule has 0 amide bonds. The second-order valence-corrected chi connectivity index (χ2v) is 9.08. The number of nitrogens with zero attached hydrogens (tertiary/aromatic N) is 3. The summed E-state index contributed by atoms with van der Waals surface area (Å²) >= 11 is 6.68. The Morgan fingerprint density at radius 2 is 1.89 bits per heavy atom. The zero-order valence-electron chi connectivity index (χ0n) is 18.0. The Labute approximate surface area is 175 Å². The fraction of sp³-hybridized carbons (Fsp3) is 0.458. The molecule has 0 saturated heterocycles. The van der Waals surface area contributed by atoms with Crippen LogP contribution >= 0.6 is 11.6 Å². The van der Waals surface area contributed by atoms with Crippen molar-refractivity contribution in [1.82, 2.24) is 0 Å². The first-order chi connectivity index (χ1) is 13.2. The minimum Gasteiger partial charge on any atom is -0.378 e. The molecule has 1 aliphatic rings. The van der Waals surface area contributed by atoms with Crippen molar-refractivity contribution in [3.05, 3.63) is 52.5 Å². The number of fused-ring (bicyclic) bond motifs is 1. The van der Waals surface area contributed by atoms with E-state index in [-0.39, 0.29) is 5.54 Å². The molecule has 0 fully saturated rings. The molecule has 0 radical (unpaired) electrons. The number of benzene rings is 2. The van der Waals surface area contributed by atoms with Crippen LogP contribution in [0.15, 0.2) is 41.4 Å². The van der Waals surface area contributed by atoms with Crippen LogP contribution in [-0.4, -0.2) is 32.4 Å². The van der Waals surface area contributed by atoms with Crippen molar-refractivity contribution in [2.75, 3.05) is 30.4 Å². The van der Waals surface area contributed by atoms with Crippen molar-refractivity contribution in [2.45, 2.75) is 52.0 Å². The number of hydrogen-bond donors (Lipinski definition) is 0. The van der Waals surface area contributed by atoms with Gasteiger partial charge in [-0.3, -0.25) is 4.99 Å². The Morgan fingerprint density at radius 1 is 1.21 bits per heavy atom. The van der Waals surface area contributed by atoms with Gasteiger partial charge in [-0.15, -0.1) is 0 Å². The fourth-order valence-electron chi connectivity index (χ4n) is 4.25. The van der Waals surface area contributed by atoms with E-state index >= 15 is 0 Å². The van der Waals surface area contributed by atoms with Crippen LogP contribution in [0.5, 0.6) is 0 Å². The summed E-state index contributed by atoms with van der Waals surface area (Å²) in [6, 6.07) is 12.6. The van der Waals surface area contributed by atoms with Gasteiger partial charge in [-0.05, 0) is 74.6 Å². The summed E-state index contributed by atoms with van der Waals surface area (Å²) in [6.45, 7) is 10.3. The van der Waals surface area contributed by atoms with Gasteiger partial charge in [0.05, 0.1) is 10.7 Å². The molecule has 1 aliphatic heterocycles. The van der Waals surface area contributed by atoms with Crippen LogP contribution in [0.25, 0.3) is 0 Å². The largest absolute Gasteiger partial charge is 0.378 e. The third-order valence-corrected chi connectivity index (χ3v) is 6.00. The minimum absolute atomic E-state index is 0.148. The molecule has 0 spiro atoms. The molecule has 2 aromatic carbocycles. The first-order valence-electron chi connectivity index (χ1n) is 10.2. The number of rotatable bonds is 5. The maximum Gasteiger partial charge on any atom is 0.0631 e. The first kappa shape index (κ1) is 20.7. The lowest BCUT2D eigenvalue weighted by Crippen LogP contribution is -2.48. The smallest absolute Gasteiger partial charge is 0.0631 e.